The van der Waals surface area contributed by atoms with Crippen molar-refractivity contribution in [3.05, 3.63) is 28.8 Å². The highest BCUT2D eigenvalue weighted by Crippen LogP contribution is 2.34. The minimum Gasteiger partial charge on any atom is -0.324 e. The zero-order valence-corrected chi connectivity index (χ0v) is 11.5. The van der Waals surface area contributed by atoms with E-state index in [9.17, 15) is 18.0 Å². The van der Waals surface area contributed by atoms with E-state index in [1.165, 1.54) is 0 Å². The molecule has 1 aromatic carbocycles. The van der Waals surface area contributed by atoms with Crippen molar-refractivity contribution < 1.29 is 18.0 Å². The van der Waals surface area contributed by atoms with Crippen LogP contribution in [0.1, 0.15) is 12.5 Å². The fourth-order valence-corrected chi connectivity index (χ4v) is 2.35. The maximum Gasteiger partial charge on any atom is 0.416 e. The quantitative estimate of drug-likeness (QED) is 0.881. The molecule has 0 unspecified atom stereocenters. The maximum atomic E-state index is 12.6. The van der Waals surface area contributed by atoms with Crippen LogP contribution < -0.4 is 10.6 Å². The van der Waals surface area contributed by atoms with Gasteiger partial charge in [-0.15, -0.1) is 0 Å². The van der Waals surface area contributed by atoms with Gasteiger partial charge in [-0.1, -0.05) is 18.5 Å². The second-order valence-corrected chi connectivity index (χ2v) is 5.33. The Balaban J connectivity index is 2.18. The van der Waals surface area contributed by atoms with Gasteiger partial charge in [-0.25, -0.2) is 0 Å². The molecule has 0 aromatic heterocycles. The highest BCUT2D eigenvalue weighted by atomic mass is 35.5. The van der Waals surface area contributed by atoms with Crippen molar-refractivity contribution in [2.75, 3.05) is 18.4 Å². The molecule has 110 valence electrons. The molecule has 0 radical (unpaired) electrons. The van der Waals surface area contributed by atoms with Gasteiger partial charge >= 0.3 is 6.18 Å². The fraction of sp³-hybridized carbons (Fsp3) is 0.462. The molecule has 1 aliphatic rings. The average molecular weight is 307 g/mol. The summed E-state index contributed by atoms with van der Waals surface area (Å²) in [5, 5.41) is 5.64. The zero-order chi connectivity index (χ0) is 14.9. The van der Waals surface area contributed by atoms with Crippen molar-refractivity contribution in [2.24, 2.45) is 11.8 Å². The molecule has 3 nitrogen and oxygen atoms in total. The molecule has 1 amide bonds. The van der Waals surface area contributed by atoms with Crippen LogP contribution in [0.4, 0.5) is 18.9 Å². The van der Waals surface area contributed by atoms with Gasteiger partial charge in [0.1, 0.15) is 0 Å². The molecule has 1 heterocycles. The third-order valence-corrected chi connectivity index (χ3v) is 3.74. The van der Waals surface area contributed by atoms with Crippen LogP contribution in [0, 0.1) is 11.8 Å². The largest absolute Gasteiger partial charge is 0.416 e. The summed E-state index contributed by atoms with van der Waals surface area (Å²) in [6.45, 7) is 3.15. The Labute approximate surface area is 119 Å². The van der Waals surface area contributed by atoms with E-state index in [-0.39, 0.29) is 28.5 Å². The summed E-state index contributed by atoms with van der Waals surface area (Å²) < 4.78 is 37.9. The molecule has 1 aromatic rings. The molecule has 0 spiro atoms. The minimum absolute atomic E-state index is 0.00871. The summed E-state index contributed by atoms with van der Waals surface area (Å²) in [5.74, 6) is -0.441. The van der Waals surface area contributed by atoms with Crippen LogP contribution in [0.3, 0.4) is 0 Å². The van der Waals surface area contributed by atoms with Gasteiger partial charge in [-0.2, -0.15) is 13.2 Å². The van der Waals surface area contributed by atoms with E-state index in [2.05, 4.69) is 10.6 Å². The smallest absolute Gasteiger partial charge is 0.324 e. The first-order valence-corrected chi connectivity index (χ1v) is 6.55. The van der Waals surface area contributed by atoms with Crippen LogP contribution in [0.5, 0.6) is 0 Å². The Bertz CT molecular complexity index is 519. The number of alkyl halides is 3. The summed E-state index contributed by atoms with van der Waals surface area (Å²) in [6.07, 6.45) is -4.47. The lowest BCUT2D eigenvalue weighted by Crippen LogP contribution is -2.28. The second-order valence-electron chi connectivity index (χ2n) is 4.92. The molecule has 2 atom stereocenters. The first-order chi connectivity index (χ1) is 9.29. The molecule has 1 saturated heterocycles. The number of carbonyl (C=O) groups excluding carboxylic acids is 1. The Morgan fingerprint density at radius 2 is 2.10 bits per heavy atom. The van der Waals surface area contributed by atoms with Crippen molar-refractivity contribution in [3.63, 3.8) is 0 Å². The molecule has 2 N–H and O–H groups in total. The molecule has 0 bridgehead atoms. The predicted molar refractivity (Wildman–Crippen MR) is 70.6 cm³/mol. The first-order valence-electron chi connectivity index (χ1n) is 6.17. The van der Waals surface area contributed by atoms with E-state index in [1.54, 1.807) is 0 Å². The van der Waals surface area contributed by atoms with Gasteiger partial charge in [0.15, 0.2) is 0 Å². The number of hydrogen-bond donors (Lipinski definition) is 2. The molecular weight excluding hydrogens is 293 g/mol. The van der Waals surface area contributed by atoms with Crippen LogP contribution in [-0.2, 0) is 11.0 Å². The molecule has 1 aliphatic heterocycles. The number of anilines is 1. The normalized spacial score (nSPS) is 22.9. The van der Waals surface area contributed by atoms with Crippen molar-refractivity contribution in [1.29, 1.82) is 0 Å². The summed E-state index contributed by atoms with van der Waals surface area (Å²) in [7, 11) is 0. The molecule has 1 fully saturated rings. The Morgan fingerprint density at radius 3 is 2.65 bits per heavy atom. The van der Waals surface area contributed by atoms with E-state index >= 15 is 0 Å². The van der Waals surface area contributed by atoms with Crippen molar-refractivity contribution in [2.45, 2.75) is 13.1 Å². The van der Waals surface area contributed by atoms with Gasteiger partial charge < -0.3 is 10.6 Å². The van der Waals surface area contributed by atoms with Crippen LogP contribution in [0.25, 0.3) is 0 Å². The lowest BCUT2D eigenvalue weighted by atomic mass is 9.97. The van der Waals surface area contributed by atoms with Crippen molar-refractivity contribution in [1.82, 2.24) is 5.32 Å². The van der Waals surface area contributed by atoms with Gasteiger partial charge in [-0.3, -0.25) is 4.79 Å². The van der Waals surface area contributed by atoms with Gasteiger partial charge in [0.25, 0.3) is 0 Å². The lowest BCUT2D eigenvalue weighted by molar-refractivity contribution is -0.137. The number of amides is 1. The minimum atomic E-state index is -4.47. The molecule has 2 rings (SSSR count). The van der Waals surface area contributed by atoms with E-state index in [0.29, 0.717) is 13.1 Å². The van der Waals surface area contributed by atoms with Crippen LogP contribution in [0.2, 0.25) is 5.02 Å². The number of rotatable bonds is 2. The second kappa shape index (κ2) is 5.61. The number of benzene rings is 1. The van der Waals surface area contributed by atoms with Gasteiger partial charge in [0.2, 0.25) is 5.91 Å². The highest BCUT2D eigenvalue weighted by Gasteiger charge is 2.32. The predicted octanol–water partition coefficient (Wildman–Crippen LogP) is 3.15. The Kier molecular flexibility index (Phi) is 4.25. The van der Waals surface area contributed by atoms with Crippen LogP contribution in [0.15, 0.2) is 18.2 Å². The Hall–Kier alpha value is -1.27. The average Bonchev–Trinajstić information content (AvgIpc) is 2.77. The number of hydrogen-bond acceptors (Lipinski definition) is 2. The van der Waals surface area contributed by atoms with E-state index in [0.717, 1.165) is 18.2 Å². The van der Waals surface area contributed by atoms with Gasteiger partial charge in [-0.05, 0) is 30.7 Å². The van der Waals surface area contributed by atoms with Crippen molar-refractivity contribution >= 4 is 23.2 Å². The summed E-state index contributed by atoms with van der Waals surface area (Å²) in [4.78, 5) is 12.0. The SMILES string of the molecule is C[C@@H]1CNC[C@H]1C(=O)Nc1cc(C(F)(F)F)ccc1Cl. The monoisotopic (exact) mass is 306 g/mol. The number of halogens is 4. The lowest BCUT2D eigenvalue weighted by Gasteiger charge is -2.16. The first kappa shape index (κ1) is 15.1. The summed E-state index contributed by atoms with van der Waals surface area (Å²) >= 11 is 5.84. The topological polar surface area (TPSA) is 41.1 Å². The van der Waals surface area contributed by atoms with Gasteiger partial charge in [0, 0.05) is 6.54 Å². The molecule has 0 aliphatic carbocycles. The molecular formula is C13H14ClF3N2O. The van der Waals surface area contributed by atoms with E-state index < -0.39 is 11.7 Å². The van der Waals surface area contributed by atoms with E-state index in [4.69, 9.17) is 11.6 Å². The molecule has 20 heavy (non-hydrogen) atoms. The van der Waals surface area contributed by atoms with Crippen LogP contribution >= 0.6 is 11.6 Å². The summed E-state index contributed by atoms with van der Waals surface area (Å²) in [6, 6.07) is 2.88. The number of carbonyl (C=O) groups is 1. The third-order valence-electron chi connectivity index (χ3n) is 3.41. The van der Waals surface area contributed by atoms with Crippen molar-refractivity contribution in [3.8, 4) is 0 Å². The van der Waals surface area contributed by atoms with E-state index in [1.807, 2.05) is 6.92 Å². The van der Waals surface area contributed by atoms with Crippen LogP contribution in [-0.4, -0.2) is 19.0 Å². The molecule has 7 heteroatoms. The number of nitrogens with one attached hydrogen (secondary N) is 2. The molecule has 0 saturated carbocycles. The maximum absolute atomic E-state index is 12.6. The summed E-state index contributed by atoms with van der Waals surface area (Å²) in [5.41, 5.74) is -0.847. The fourth-order valence-electron chi connectivity index (χ4n) is 2.18. The van der Waals surface area contributed by atoms with Gasteiger partial charge in [0.05, 0.1) is 22.2 Å². The highest BCUT2D eigenvalue weighted by molar-refractivity contribution is 6.33. The third kappa shape index (κ3) is 3.24. The Morgan fingerprint density at radius 1 is 1.40 bits per heavy atom. The standard InChI is InChI=1S/C13H14ClF3N2O/c1-7-5-18-6-9(7)12(20)19-11-4-8(13(15,16)17)2-3-10(11)14/h2-4,7,9,18H,5-6H2,1H3,(H,19,20)/t7-,9-/m1/s1. The zero-order valence-electron chi connectivity index (χ0n) is 10.7.